The van der Waals surface area contributed by atoms with E-state index in [1.54, 1.807) is 11.3 Å². The maximum Gasteiger partial charge on any atom is 0.0931 e. The molecule has 0 radical (unpaired) electrons. The zero-order valence-electron chi connectivity index (χ0n) is 11.4. The average Bonchev–Trinajstić information content (AvgIpc) is 2.88. The number of hydrogen-bond donors (Lipinski definition) is 1. The highest BCUT2D eigenvalue weighted by molar-refractivity contribution is 7.16. The maximum absolute atomic E-state index is 6.59. The molecule has 1 aromatic carbocycles. The molecule has 0 aliphatic carbocycles. The Morgan fingerprint density at radius 2 is 1.74 bits per heavy atom. The Kier molecular flexibility index (Phi) is 4.67. The van der Waals surface area contributed by atoms with E-state index in [0.29, 0.717) is 0 Å². The summed E-state index contributed by atoms with van der Waals surface area (Å²) >= 11 is 7.64. The van der Waals surface area contributed by atoms with Crippen molar-refractivity contribution < 1.29 is 0 Å². The highest BCUT2D eigenvalue weighted by Crippen LogP contribution is 2.43. The largest absolute Gasteiger partial charge is 0.323 e. The number of halogens is 1. The first-order chi connectivity index (χ1) is 9.14. The Balaban J connectivity index is 2.45. The molecular weight excluding hydrogens is 274 g/mol. The minimum absolute atomic E-state index is 0.0117. The van der Waals surface area contributed by atoms with Crippen molar-refractivity contribution in [2.75, 3.05) is 0 Å². The molecule has 19 heavy (non-hydrogen) atoms. The number of hydrogen-bond acceptors (Lipinski definition) is 2. The van der Waals surface area contributed by atoms with Crippen molar-refractivity contribution in [3.63, 3.8) is 0 Å². The SMILES string of the molecule is CCC(CC)(c1ccccc1)C(N)c1ccc(Cl)s1. The molecule has 3 heteroatoms. The zero-order chi connectivity index (χ0) is 13.9. The molecule has 0 spiro atoms. The molecule has 0 aliphatic rings. The first-order valence-corrected chi connectivity index (χ1v) is 7.90. The van der Waals surface area contributed by atoms with E-state index in [9.17, 15) is 0 Å². The second-order valence-corrected chi connectivity index (χ2v) is 6.60. The molecule has 0 fully saturated rings. The van der Waals surface area contributed by atoms with Crippen LogP contribution in [0.25, 0.3) is 0 Å². The summed E-state index contributed by atoms with van der Waals surface area (Å²) in [5, 5.41) is 0. The highest BCUT2D eigenvalue weighted by atomic mass is 35.5. The number of thiophene rings is 1. The van der Waals surface area contributed by atoms with Gasteiger partial charge in [-0.3, -0.25) is 0 Å². The Morgan fingerprint density at radius 3 is 2.21 bits per heavy atom. The van der Waals surface area contributed by atoms with Gasteiger partial charge in [-0.05, 0) is 30.5 Å². The van der Waals surface area contributed by atoms with Crippen LogP contribution in [0.5, 0.6) is 0 Å². The lowest BCUT2D eigenvalue weighted by molar-refractivity contribution is 0.325. The molecule has 0 aliphatic heterocycles. The molecule has 1 aromatic heterocycles. The van der Waals surface area contributed by atoms with E-state index in [2.05, 4.69) is 44.2 Å². The lowest BCUT2D eigenvalue weighted by Gasteiger charge is -2.37. The summed E-state index contributed by atoms with van der Waals surface area (Å²) < 4.78 is 0.805. The van der Waals surface area contributed by atoms with Crippen LogP contribution >= 0.6 is 22.9 Å². The minimum Gasteiger partial charge on any atom is -0.323 e. The first-order valence-electron chi connectivity index (χ1n) is 6.70. The normalized spacial score (nSPS) is 13.5. The smallest absolute Gasteiger partial charge is 0.0931 e. The molecular formula is C16H20ClNS. The molecule has 2 N–H and O–H groups in total. The lowest BCUT2D eigenvalue weighted by atomic mass is 9.70. The van der Waals surface area contributed by atoms with Crippen molar-refractivity contribution >= 4 is 22.9 Å². The van der Waals surface area contributed by atoms with Crippen molar-refractivity contribution in [2.45, 2.75) is 38.1 Å². The molecule has 1 unspecified atom stereocenters. The molecule has 2 rings (SSSR count). The zero-order valence-corrected chi connectivity index (χ0v) is 13.0. The van der Waals surface area contributed by atoms with Gasteiger partial charge >= 0.3 is 0 Å². The summed E-state index contributed by atoms with van der Waals surface area (Å²) in [5.74, 6) is 0. The summed E-state index contributed by atoms with van der Waals surface area (Å²) in [4.78, 5) is 1.16. The van der Waals surface area contributed by atoms with Crippen LogP contribution in [-0.2, 0) is 5.41 Å². The van der Waals surface area contributed by atoms with E-state index in [4.69, 9.17) is 17.3 Å². The number of rotatable bonds is 5. The Bertz CT molecular complexity index is 517. The van der Waals surface area contributed by atoms with Crippen LogP contribution in [0.2, 0.25) is 4.34 Å². The molecule has 0 bridgehead atoms. The molecule has 1 nitrogen and oxygen atoms in total. The second kappa shape index (κ2) is 6.08. The third-order valence-corrected chi connectivity index (χ3v) is 5.42. The Hall–Kier alpha value is -0.830. The maximum atomic E-state index is 6.59. The molecule has 1 heterocycles. The summed E-state index contributed by atoms with van der Waals surface area (Å²) in [7, 11) is 0. The van der Waals surface area contributed by atoms with Crippen LogP contribution in [0.1, 0.15) is 43.2 Å². The molecule has 0 saturated heterocycles. The molecule has 0 amide bonds. The van der Waals surface area contributed by atoms with Gasteiger partial charge in [0.1, 0.15) is 0 Å². The fourth-order valence-electron chi connectivity index (χ4n) is 2.82. The van der Waals surface area contributed by atoms with Gasteiger partial charge in [0, 0.05) is 16.3 Å². The summed E-state index contributed by atoms with van der Waals surface area (Å²) in [6.45, 7) is 4.43. The van der Waals surface area contributed by atoms with E-state index < -0.39 is 0 Å². The fraction of sp³-hybridized carbons (Fsp3) is 0.375. The monoisotopic (exact) mass is 293 g/mol. The van der Waals surface area contributed by atoms with Crippen molar-refractivity contribution in [1.29, 1.82) is 0 Å². The summed E-state index contributed by atoms with van der Waals surface area (Å²) in [6, 6.07) is 14.6. The van der Waals surface area contributed by atoms with Crippen molar-refractivity contribution in [2.24, 2.45) is 5.73 Å². The van der Waals surface area contributed by atoms with E-state index in [-0.39, 0.29) is 11.5 Å². The third-order valence-electron chi connectivity index (χ3n) is 4.11. The Labute approximate surface area is 124 Å². The van der Waals surface area contributed by atoms with Gasteiger partial charge in [-0.15, -0.1) is 11.3 Å². The van der Waals surface area contributed by atoms with Gasteiger partial charge in [-0.2, -0.15) is 0 Å². The average molecular weight is 294 g/mol. The number of benzene rings is 1. The van der Waals surface area contributed by atoms with Crippen LogP contribution < -0.4 is 5.73 Å². The summed E-state index contributed by atoms with van der Waals surface area (Å²) in [5.41, 5.74) is 7.89. The van der Waals surface area contributed by atoms with Crippen LogP contribution in [0.15, 0.2) is 42.5 Å². The van der Waals surface area contributed by atoms with Gasteiger partial charge in [-0.1, -0.05) is 55.8 Å². The van der Waals surface area contributed by atoms with Crippen molar-refractivity contribution in [3.05, 3.63) is 57.2 Å². The van der Waals surface area contributed by atoms with Gasteiger partial charge in [-0.25, -0.2) is 0 Å². The van der Waals surface area contributed by atoms with Gasteiger partial charge < -0.3 is 5.73 Å². The quantitative estimate of drug-likeness (QED) is 0.809. The first kappa shape index (κ1) is 14.6. The topological polar surface area (TPSA) is 26.0 Å². The van der Waals surface area contributed by atoms with Gasteiger partial charge in [0.05, 0.1) is 4.34 Å². The van der Waals surface area contributed by atoms with E-state index >= 15 is 0 Å². The lowest BCUT2D eigenvalue weighted by Crippen LogP contribution is -2.37. The predicted molar refractivity (Wildman–Crippen MR) is 85.0 cm³/mol. The Morgan fingerprint density at radius 1 is 1.11 bits per heavy atom. The van der Waals surface area contributed by atoms with Crippen LogP contribution in [0.3, 0.4) is 0 Å². The highest BCUT2D eigenvalue weighted by Gasteiger charge is 2.36. The van der Waals surface area contributed by atoms with Gasteiger partial charge in [0.2, 0.25) is 0 Å². The fourth-order valence-corrected chi connectivity index (χ4v) is 4.00. The van der Waals surface area contributed by atoms with Crippen LogP contribution in [-0.4, -0.2) is 0 Å². The van der Waals surface area contributed by atoms with Crippen LogP contribution in [0, 0.1) is 0 Å². The second-order valence-electron chi connectivity index (χ2n) is 4.85. The third kappa shape index (κ3) is 2.71. The number of nitrogens with two attached hydrogens (primary N) is 1. The van der Waals surface area contributed by atoms with Gasteiger partial charge in [0.15, 0.2) is 0 Å². The van der Waals surface area contributed by atoms with E-state index in [1.165, 1.54) is 5.56 Å². The van der Waals surface area contributed by atoms with E-state index in [1.807, 2.05) is 12.1 Å². The molecule has 1 atom stereocenters. The molecule has 2 aromatic rings. The van der Waals surface area contributed by atoms with Crippen molar-refractivity contribution in [3.8, 4) is 0 Å². The predicted octanol–water partition coefficient (Wildman–Crippen LogP) is 5.16. The van der Waals surface area contributed by atoms with E-state index in [0.717, 1.165) is 22.1 Å². The molecule has 0 saturated carbocycles. The summed E-state index contributed by atoms with van der Waals surface area (Å²) in [6.07, 6.45) is 2.04. The molecule has 102 valence electrons. The van der Waals surface area contributed by atoms with Crippen molar-refractivity contribution in [1.82, 2.24) is 0 Å². The minimum atomic E-state index is -0.0184. The standard InChI is InChI=1S/C16H20ClNS/c1-3-16(4-2,12-8-6-5-7-9-12)15(18)13-10-11-14(17)19-13/h5-11,15H,3-4,18H2,1-2H3. The van der Waals surface area contributed by atoms with Crippen LogP contribution in [0.4, 0.5) is 0 Å². The van der Waals surface area contributed by atoms with Gasteiger partial charge in [0.25, 0.3) is 0 Å².